The summed E-state index contributed by atoms with van der Waals surface area (Å²) in [4.78, 5) is 33.4. The largest absolute Gasteiger partial charge is 0.513 e. The quantitative estimate of drug-likeness (QED) is 0.413. The molecule has 3 heterocycles. The van der Waals surface area contributed by atoms with Crippen molar-refractivity contribution < 1.29 is 41.7 Å². The van der Waals surface area contributed by atoms with Crippen LogP contribution in [0.25, 0.3) is 0 Å². The molecule has 192 valence electrons. The lowest BCUT2D eigenvalue weighted by Gasteiger charge is -2.30. The molecule has 1 saturated heterocycles. The number of hydrogen-bond acceptors (Lipinski definition) is 9. The Kier molecular flexibility index (Phi) is 7.26. The van der Waals surface area contributed by atoms with E-state index in [4.69, 9.17) is 9.47 Å². The highest BCUT2D eigenvalue weighted by Gasteiger charge is 2.49. The summed E-state index contributed by atoms with van der Waals surface area (Å²) in [6.45, 7) is 0.104. The number of aliphatic carboxylic acids is 1. The predicted octanol–water partition coefficient (Wildman–Crippen LogP) is 3.69. The zero-order chi connectivity index (χ0) is 26.0. The van der Waals surface area contributed by atoms with Crippen LogP contribution in [0.4, 0.5) is 22.4 Å². The number of likely N-dealkylation sites (tertiary alicyclic amines) is 1. The number of halogens is 4. The highest BCUT2D eigenvalue weighted by Crippen LogP contribution is 2.37. The molecule has 0 amide bonds. The van der Waals surface area contributed by atoms with Crippen molar-refractivity contribution in [2.24, 2.45) is 4.99 Å². The fourth-order valence-corrected chi connectivity index (χ4v) is 4.54. The Bertz CT molecular complexity index is 1220. The SMILES string of the molecule is CCOC(=O)OC1=C(CN2CC(F)(F)C[C@H]2C(=O)O)NC(c2nccs2)=N[C@@H]1c1cccc(F)c1F. The van der Waals surface area contributed by atoms with Gasteiger partial charge in [-0.15, -0.1) is 11.3 Å². The van der Waals surface area contributed by atoms with Crippen LogP contribution in [0, 0.1) is 11.6 Å². The second-order valence-electron chi connectivity index (χ2n) is 7.93. The molecule has 36 heavy (non-hydrogen) atoms. The molecule has 2 atom stereocenters. The van der Waals surface area contributed by atoms with Gasteiger partial charge in [-0.05, 0) is 13.0 Å². The van der Waals surface area contributed by atoms with Crippen molar-refractivity contribution in [1.29, 1.82) is 0 Å². The van der Waals surface area contributed by atoms with Crippen molar-refractivity contribution in [3.63, 3.8) is 0 Å². The number of rotatable bonds is 7. The van der Waals surface area contributed by atoms with Crippen molar-refractivity contribution in [3.05, 3.63) is 63.4 Å². The van der Waals surface area contributed by atoms with E-state index in [2.05, 4.69) is 15.3 Å². The minimum atomic E-state index is -3.28. The summed E-state index contributed by atoms with van der Waals surface area (Å²) in [5.74, 6) is -7.45. The Morgan fingerprint density at radius 1 is 1.33 bits per heavy atom. The third-order valence-electron chi connectivity index (χ3n) is 5.45. The Morgan fingerprint density at radius 2 is 2.11 bits per heavy atom. The first-order chi connectivity index (χ1) is 17.1. The van der Waals surface area contributed by atoms with Gasteiger partial charge in [0.25, 0.3) is 5.92 Å². The molecule has 2 aromatic rings. The molecule has 1 aromatic carbocycles. The van der Waals surface area contributed by atoms with Crippen LogP contribution in [0.3, 0.4) is 0 Å². The van der Waals surface area contributed by atoms with Crippen LogP contribution in [0.1, 0.15) is 30.0 Å². The number of carboxylic acid groups (broad SMARTS) is 1. The first-order valence-corrected chi connectivity index (χ1v) is 11.6. The molecular weight excluding hydrogens is 508 g/mol. The van der Waals surface area contributed by atoms with E-state index in [1.54, 1.807) is 5.38 Å². The van der Waals surface area contributed by atoms with Gasteiger partial charge in [0.1, 0.15) is 12.1 Å². The zero-order valence-electron chi connectivity index (χ0n) is 18.7. The Labute approximate surface area is 206 Å². The van der Waals surface area contributed by atoms with E-state index in [0.29, 0.717) is 5.01 Å². The minimum absolute atomic E-state index is 0.0548. The van der Waals surface area contributed by atoms with Gasteiger partial charge in [-0.3, -0.25) is 9.69 Å². The van der Waals surface area contributed by atoms with Crippen LogP contribution in [-0.2, 0) is 14.3 Å². The second kappa shape index (κ2) is 10.2. The van der Waals surface area contributed by atoms with Crippen LogP contribution in [0.2, 0.25) is 0 Å². The molecular formula is C22H20F4N4O5S. The van der Waals surface area contributed by atoms with Gasteiger partial charge in [-0.25, -0.2) is 32.3 Å². The van der Waals surface area contributed by atoms with Crippen molar-refractivity contribution in [2.75, 3.05) is 19.7 Å². The molecule has 9 nitrogen and oxygen atoms in total. The standard InChI is InChI=1S/C22H20F4N4O5S/c1-2-34-21(33)35-17-13(9-30-10-22(25,26)8-14(30)20(31)32)28-18(19-27-6-7-36-19)29-16(17)11-4-3-5-12(23)15(11)24/h3-7,14,16H,2,8-10H2,1H3,(H,28,29)(H,31,32)/t14-,16+/m0/s1. The van der Waals surface area contributed by atoms with Gasteiger partial charge in [-0.2, -0.15) is 0 Å². The number of ether oxygens (including phenoxy) is 2. The van der Waals surface area contributed by atoms with Gasteiger partial charge in [-0.1, -0.05) is 12.1 Å². The first kappa shape index (κ1) is 25.6. The first-order valence-electron chi connectivity index (χ1n) is 10.7. The molecule has 0 saturated carbocycles. The van der Waals surface area contributed by atoms with Gasteiger partial charge in [0, 0.05) is 30.1 Å². The lowest BCUT2D eigenvalue weighted by atomic mass is 10.0. The normalized spacial score (nSPS) is 21.6. The van der Waals surface area contributed by atoms with Crippen molar-refractivity contribution in [3.8, 4) is 0 Å². The number of carbonyl (C=O) groups is 2. The summed E-state index contributed by atoms with van der Waals surface area (Å²) in [7, 11) is 0. The van der Waals surface area contributed by atoms with Crippen LogP contribution in [0.5, 0.6) is 0 Å². The van der Waals surface area contributed by atoms with Gasteiger partial charge in [0.15, 0.2) is 28.2 Å². The number of thiazole rings is 1. The summed E-state index contributed by atoms with van der Waals surface area (Å²) < 4.78 is 67.4. The maximum Gasteiger partial charge on any atom is 0.513 e. The third kappa shape index (κ3) is 5.33. The highest BCUT2D eigenvalue weighted by molar-refractivity contribution is 7.11. The van der Waals surface area contributed by atoms with Gasteiger partial charge in [0.05, 0.1) is 18.8 Å². The Morgan fingerprint density at radius 3 is 2.78 bits per heavy atom. The second-order valence-corrected chi connectivity index (χ2v) is 8.83. The lowest BCUT2D eigenvalue weighted by molar-refractivity contribution is -0.142. The fraction of sp³-hybridized carbons (Fsp3) is 0.364. The predicted molar refractivity (Wildman–Crippen MR) is 119 cm³/mol. The number of alkyl halides is 2. The molecule has 2 aliphatic heterocycles. The summed E-state index contributed by atoms with van der Waals surface area (Å²) >= 11 is 1.15. The fourth-order valence-electron chi connectivity index (χ4n) is 3.95. The van der Waals surface area contributed by atoms with E-state index >= 15 is 0 Å². The molecule has 0 bridgehead atoms. The monoisotopic (exact) mass is 528 g/mol. The molecule has 1 aromatic heterocycles. The summed E-state index contributed by atoms with van der Waals surface area (Å²) in [6.07, 6.45) is -0.640. The van der Waals surface area contributed by atoms with E-state index in [0.717, 1.165) is 22.3 Å². The Hall–Kier alpha value is -3.52. The number of amidine groups is 1. The van der Waals surface area contributed by atoms with E-state index in [9.17, 15) is 32.3 Å². The molecule has 0 spiro atoms. The number of benzene rings is 1. The van der Waals surface area contributed by atoms with Crippen LogP contribution in [-0.4, -0.2) is 64.6 Å². The van der Waals surface area contributed by atoms with Crippen molar-refractivity contribution in [2.45, 2.75) is 31.4 Å². The number of aromatic nitrogens is 1. The average Bonchev–Trinajstić information content (AvgIpc) is 3.45. The summed E-state index contributed by atoms with van der Waals surface area (Å²) in [6, 6.07) is 0.382. The highest BCUT2D eigenvalue weighted by atomic mass is 32.1. The van der Waals surface area contributed by atoms with E-state index in [1.165, 1.54) is 25.3 Å². The number of carbonyl (C=O) groups excluding carboxylic acids is 1. The smallest absolute Gasteiger partial charge is 0.480 e. The number of hydrogen-bond donors (Lipinski definition) is 2. The molecule has 2 aliphatic rings. The Balaban J connectivity index is 1.83. The molecule has 0 unspecified atom stereocenters. The van der Waals surface area contributed by atoms with Gasteiger partial charge < -0.3 is 19.9 Å². The van der Waals surface area contributed by atoms with E-state index in [-0.39, 0.29) is 29.5 Å². The topological polar surface area (TPSA) is 113 Å². The third-order valence-corrected chi connectivity index (χ3v) is 6.23. The molecule has 4 rings (SSSR count). The molecule has 14 heteroatoms. The maximum atomic E-state index is 14.9. The maximum absolute atomic E-state index is 14.9. The molecule has 0 aliphatic carbocycles. The number of carboxylic acids is 1. The van der Waals surface area contributed by atoms with Crippen LogP contribution < -0.4 is 5.32 Å². The van der Waals surface area contributed by atoms with Gasteiger partial charge in [0.2, 0.25) is 0 Å². The van der Waals surface area contributed by atoms with Gasteiger partial charge >= 0.3 is 12.1 Å². The van der Waals surface area contributed by atoms with Crippen molar-refractivity contribution in [1.82, 2.24) is 15.2 Å². The summed E-state index contributed by atoms with van der Waals surface area (Å²) in [5.41, 5.74) is -0.357. The van der Waals surface area contributed by atoms with Crippen molar-refractivity contribution >= 4 is 29.3 Å². The summed E-state index contributed by atoms with van der Waals surface area (Å²) in [5, 5.41) is 14.3. The molecule has 0 radical (unpaired) electrons. The number of nitrogens with one attached hydrogen (secondary N) is 1. The minimum Gasteiger partial charge on any atom is -0.480 e. The zero-order valence-corrected chi connectivity index (χ0v) is 19.5. The lowest BCUT2D eigenvalue weighted by Crippen LogP contribution is -2.43. The van der Waals surface area contributed by atoms with Crippen LogP contribution in [0.15, 0.2) is 46.2 Å². The average molecular weight is 528 g/mol. The number of aliphatic imine (C=N–C) groups is 1. The molecule has 2 N–H and O–H groups in total. The van der Waals surface area contributed by atoms with E-state index < -0.39 is 61.3 Å². The number of nitrogens with zero attached hydrogens (tertiary/aromatic N) is 3. The van der Waals surface area contributed by atoms with Crippen LogP contribution >= 0.6 is 11.3 Å². The molecule has 1 fully saturated rings. The van der Waals surface area contributed by atoms with E-state index in [1.807, 2.05) is 0 Å².